The SMILES string of the molecule is O=C(O)c1oc(-c2ccccc2F)nc1C(F)F. The van der Waals surface area contributed by atoms with Gasteiger partial charge in [-0.1, -0.05) is 12.1 Å². The van der Waals surface area contributed by atoms with Crippen LogP contribution in [0, 0.1) is 5.82 Å². The monoisotopic (exact) mass is 257 g/mol. The maximum absolute atomic E-state index is 13.4. The summed E-state index contributed by atoms with van der Waals surface area (Å²) in [5.41, 5.74) is -1.19. The highest BCUT2D eigenvalue weighted by Crippen LogP contribution is 2.29. The van der Waals surface area contributed by atoms with Crippen molar-refractivity contribution < 1.29 is 27.5 Å². The molecule has 1 N–H and O–H groups in total. The normalized spacial score (nSPS) is 10.9. The van der Waals surface area contributed by atoms with Crippen molar-refractivity contribution in [3.63, 3.8) is 0 Å². The first-order valence-corrected chi connectivity index (χ1v) is 4.77. The molecule has 0 atom stereocenters. The van der Waals surface area contributed by atoms with Crippen LogP contribution in [0.25, 0.3) is 11.5 Å². The Morgan fingerprint density at radius 2 is 2.00 bits per heavy atom. The van der Waals surface area contributed by atoms with E-state index in [0.29, 0.717) is 0 Å². The minimum Gasteiger partial charge on any atom is -0.475 e. The summed E-state index contributed by atoms with van der Waals surface area (Å²) in [7, 11) is 0. The van der Waals surface area contributed by atoms with Crippen molar-refractivity contribution in [2.24, 2.45) is 0 Å². The molecule has 94 valence electrons. The number of rotatable bonds is 3. The molecule has 0 saturated heterocycles. The first-order chi connectivity index (χ1) is 8.50. The van der Waals surface area contributed by atoms with Gasteiger partial charge >= 0.3 is 5.97 Å². The number of carbonyl (C=O) groups is 1. The third-order valence-electron chi connectivity index (χ3n) is 2.16. The van der Waals surface area contributed by atoms with Gasteiger partial charge in [-0.2, -0.15) is 0 Å². The van der Waals surface area contributed by atoms with Gasteiger partial charge in [0.1, 0.15) is 5.82 Å². The van der Waals surface area contributed by atoms with Gasteiger partial charge in [0, 0.05) is 0 Å². The number of aromatic nitrogens is 1. The molecule has 4 nitrogen and oxygen atoms in total. The summed E-state index contributed by atoms with van der Waals surface area (Å²) >= 11 is 0. The summed E-state index contributed by atoms with van der Waals surface area (Å²) < 4.78 is 43.1. The molecule has 0 radical (unpaired) electrons. The van der Waals surface area contributed by atoms with Gasteiger partial charge in [0.25, 0.3) is 6.43 Å². The number of hydrogen-bond acceptors (Lipinski definition) is 3. The van der Waals surface area contributed by atoms with Crippen molar-refractivity contribution in [3.05, 3.63) is 41.5 Å². The van der Waals surface area contributed by atoms with Crippen LogP contribution in [0.4, 0.5) is 13.2 Å². The zero-order valence-electron chi connectivity index (χ0n) is 8.73. The minimum absolute atomic E-state index is 0.174. The Balaban J connectivity index is 2.57. The smallest absolute Gasteiger partial charge is 0.374 e. The molecule has 0 unspecified atom stereocenters. The molecule has 1 aromatic carbocycles. The highest BCUT2D eigenvalue weighted by atomic mass is 19.3. The summed E-state index contributed by atoms with van der Waals surface area (Å²) in [5.74, 6) is -3.89. The van der Waals surface area contributed by atoms with Crippen LogP contribution in [-0.4, -0.2) is 16.1 Å². The second-order valence-corrected chi connectivity index (χ2v) is 3.32. The first-order valence-electron chi connectivity index (χ1n) is 4.77. The van der Waals surface area contributed by atoms with E-state index in [4.69, 9.17) is 5.11 Å². The van der Waals surface area contributed by atoms with Gasteiger partial charge in [0.2, 0.25) is 11.7 Å². The van der Waals surface area contributed by atoms with Crippen molar-refractivity contribution in [1.29, 1.82) is 0 Å². The van der Waals surface area contributed by atoms with E-state index in [0.717, 1.165) is 6.07 Å². The average molecular weight is 257 g/mol. The number of benzene rings is 1. The molecule has 0 spiro atoms. The van der Waals surface area contributed by atoms with Gasteiger partial charge in [-0.05, 0) is 12.1 Å². The van der Waals surface area contributed by atoms with Gasteiger partial charge in [-0.25, -0.2) is 22.9 Å². The number of oxazole rings is 1. The van der Waals surface area contributed by atoms with E-state index in [1.165, 1.54) is 18.2 Å². The Kier molecular flexibility index (Phi) is 3.05. The number of alkyl halides is 2. The largest absolute Gasteiger partial charge is 0.475 e. The van der Waals surface area contributed by atoms with Crippen LogP contribution < -0.4 is 0 Å². The lowest BCUT2D eigenvalue weighted by Crippen LogP contribution is -1.99. The van der Waals surface area contributed by atoms with Gasteiger partial charge in [0.15, 0.2) is 5.69 Å². The Morgan fingerprint density at radius 1 is 1.33 bits per heavy atom. The fraction of sp³-hybridized carbons (Fsp3) is 0.0909. The number of carboxylic acids is 1. The zero-order chi connectivity index (χ0) is 13.3. The van der Waals surface area contributed by atoms with E-state index >= 15 is 0 Å². The molecule has 0 saturated carbocycles. The fourth-order valence-electron chi connectivity index (χ4n) is 1.38. The lowest BCUT2D eigenvalue weighted by Gasteiger charge is -1.95. The number of carboxylic acid groups (broad SMARTS) is 1. The number of nitrogens with zero attached hydrogens (tertiary/aromatic N) is 1. The molecule has 0 fully saturated rings. The second-order valence-electron chi connectivity index (χ2n) is 3.32. The lowest BCUT2D eigenvalue weighted by atomic mass is 10.2. The quantitative estimate of drug-likeness (QED) is 0.917. The summed E-state index contributed by atoms with van der Waals surface area (Å²) in [4.78, 5) is 14.0. The zero-order valence-corrected chi connectivity index (χ0v) is 8.73. The fourth-order valence-corrected chi connectivity index (χ4v) is 1.38. The molecule has 2 rings (SSSR count). The molecule has 0 aliphatic heterocycles. The minimum atomic E-state index is -3.11. The van der Waals surface area contributed by atoms with Crippen LogP contribution in [-0.2, 0) is 0 Å². The molecular formula is C11H6F3NO3. The molecule has 0 aliphatic rings. The Hall–Kier alpha value is -2.31. The van der Waals surface area contributed by atoms with E-state index in [-0.39, 0.29) is 5.56 Å². The number of aromatic carboxylic acids is 1. The first kappa shape index (κ1) is 12.2. The molecule has 0 aliphatic carbocycles. The number of halogens is 3. The second kappa shape index (κ2) is 4.52. The van der Waals surface area contributed by atoms with Crippen LogP contribution in [0.2, 0.25) is 0 Å². The summed E-state index contributed by atoms with van der Waals surface area (Å²) in [5, 5.41) is 8.68. The molecule has 18 heavy (non-hydrogen) atoms. The Morgan fingerprint density at radius 3 is 2.50 bits per heavy atom. The van der Waals surface area contributed by atoms with Crippen LogP contribution in [0.3, 0.4) is 0 Å². The van der Waals surface area contributed by atoms with Crippen molar-refractivity contribution in [2.45, 2.75) is 6.43 Å². The van der Waals surface area contributed by atoms with Crippen molar-refractivity contribution >= 4 is 5.97 Å². The highest BCUT2D eigenvalue weighted by Gasteiger charge is 2.27. The molecular weight excluding hydrogens is 251 g/mol. The van der Waals surface area contributed by atoms with Crippen LogP contribution >= 0.6 is 0 Å². The van der Waals surface area contributed by atoms with Crippen LogP contribution in [0.15, 0.2) is 28.7 Å². The Labute approximate surface area is 98.7 Å². The predicted molar refractivity (Wildman–Crippen MR) is 53.8 cm³/mol. The maximum atomic E-state index is 13.4. The molecule has 0 amide bonds. The van der Waals surface area contributed by atoms with Crippen molar-refractivity contribution in [3.8, 4) is 11.5 Å². The van der Waals surface area contributed by atoms with E-state index in [2.05, 4.69) is 9.40 Å². The van der Waals surface area contributed by atoms with E-state index in [9.17, 15) is 18.0 Å². The topological polar surface area (TPSA) is 63.3 Å². The number of hydrogen-bond donors (Lipinski definition) is 1. The average Bonchev–Trinajstić information content (AvgIpc) is 2.74. The lowest BCUT2D eigenvalue weighted by molar-refractivity contribution is 0.0646. The summed E-state index contributed by atoms with van der Waals surface area (Å²) in [6.07, 6.45) is -3.11. The van der Waals surface area contributed by atoms with E-state index < -0.39 is 35.6 Å². The molecule has 2 aromatic rings. The summed E-state index contributed by atoms with van der Waals surface area (Å²) in [6.45, 7) is 0. The van der Waals surface area contributed by atoms with E-state index in [1.54, 1.807) is 0 Å². The molecule has 1 aromatic heterocycles. The molecule has 1 heterocycles. The van der Waals surface area contributed by atoms with Gasteiger partial charge in [0.05, 0.1) is 5.56 Å². The van der Waals surface area contributed by atoms with Gasteiger partial charge in [-0.3, -0.25) is 0 Å². The van der Waals surface area contributed by atoms with Gasteiger partial charge < -0.3 is 9.52 Å². The molecule has 7 heteroatoms. The third-order valence-corrected chi connectivity index (χ3v) is 2.16. The molecule has 0 bridgehead atoms. The predicted octanol–water partition coefficient (Wildman–Crippen LogP) is 3.12. The third kappa shape index (κ3) is 2.06. The van der Waals surface area contributed by atoms with Crippen molar-refractivity contribution in [1.82, 2.24) is 4.98 Å². The van der Waals surface area contributed by atoms with E-state index in [1.807, 2.05) is 0 Å². The van der Waals surface area contributed by atoms with Gasteiger partial charge in [-0.15, -0.1) is 0 Å². The van der Waals surface area contributed by atoms with Crippen LogP contribution in [0.5, 0.6) is 0 Å². The maximum Gasteiger partial charge on any atom is 0.374 e. The standard InChI is InChI=1S/C11H6F3NO3/c12-6-4-2-1-3-5(6)10-15-7(9(13)14)8(18-10)11(16)17/h1-4,9H,(H,16,17). The van der Waals surface area contributed by atoms with Crippen LogP contribution in [0.1, 0.15) is 22.7 Å². The highest BCUT2D eigenvalue weighted by molar-refractivity contribution is 5.86. The summed E-state index contributed by atoms with van der Waals surface area (Å²) in [6, 6.07) is 5.18. The van der Waals surface area contributed by atoms with Crippen molar-refractivity contribution in [2.75, 3.05) is 0 Å². The Bertz CT molecular complexity index is 595.